The second-order valence-electron chi connectivity index (χ2n) is 7.37. The third-order valence-corrected chi connectivity index (χ3v) is 5.16. The van der Waals surface area contributed by atoms with Crippen LogP contribution in [0, 0.1) is 0 Å². The van der Waals surface area contributed by atoms with Crippen molar-refractivity contribution in [2.45, 2.75) is 19.0 Å². The summed E-state index contributed by atoms with van der Waals surface area (Å²) in [5.74, 6) is 0.00914. The van der Waals surface area contributed by atoms with Crippen molar-refractivity contribution in [3.05, 3.63) is 83.9 Å². The largest absolute Gasteiger partial charge is 0.353 e. The minimum atomic E-state index is 0.00914. The Balaban J connectivity index is 1.56. The van der Waals surface area contributed by atoms with Crippen molar-refractivity contribution < 1.29 is 4.79 Å². The van der Waals surface area contributed by atoms with Crippen molar-refractivity contribution in [3.63, 3.8) is 0 Å². The summed E-state index contributed by atoms with van der Waals surface area (Å²) < 4.78 is 0. The minimum absolute atomic E-state index is 0.00914. The number of nitrogens with one attached hydrogen (secondary N) is 2. The average Bonchev–Trinajstić information content (AvgIpc) is 2.72. The van der Waals surface area contributed by atoms with Crippen molar-refractivity contribution in [1.29, 1.82) is 0 Å². The van der Waals surface area contributed by atoms with Crippen LogP contribution in [0.5, 0.6) is 0 Å². The monoisotopic (exact) mass is 375 g/mol. The molecule has 4 heteroatoms. The lowest BCUT2D eigenvalue weighted by molar-refractivity contribution is -0.120. The van der Waals surface area contributed by atoms with Gasteiger partial charge in [-0.2, -0.15) is 0 Å². The number of benzene rings is 3. The first-order valence-electron chi connectivity index (χ1n) is 9.75. The zero-order valence-corrected chi connectivity index (χ0v) is 16.9. The Kier molecular flexibility index (Phi) is 6.80. The molecule has 28 heavy (non-hydrogen) atoms. The Hall–Kier alpha value is -2.69. The molecule has 3 rings (SSSR count). The number of fused-ring (bicyclic) bond motifs is 1. The molecular weight excluding hydrogens is 346 g/mol. The molecule has 0 heterocycles. The second kappa shape index (κ2) is 9.49. The first-order chi connectivity index (χ1) is 13.6. The maximum absolute atomic E-state index is 12.4. The SMILES string of the molecule is CC(NCC(=O)NCC(c1ccccc1)N(C)C)c1cccc2ccccc12. The van der Waals surface area contributed by atoms with Gasteiger partial charge in [-0.05, 0) is 42.9 Å². The number of hydrogen-bond acceptors (Lipinski definition) is 3. The van der Waals surface area contributed by atoms with Crippen LogP contribution in [0.15, 0.2) is 72.8 Å². The molecule has 0 spiro atoms. The number of carbonyl (C=O) groups excluding carboxylic acids is 1. The molecule has 4 nitrogen and oxygen atoms in total. The van der Waals surface area contributed by atoms with Gasteiger partial charge in [0.25, 0.3) is 0 Å². The molecule has 0 radical (unpaired) electrons. The fourth-order valence-electron chi connectivity index (χ4n) is 3.53. The van der Waals surface area contributed by atoms with Gasteiger partial charge in [0, 0.05) is 12.6 Å². The van der Waals surface area contributed by atoms with Gasteiger partial charge >= 0.3 is 0 Å². The van der Waals surface area contributed by atoms with Crippen LogP contribution in [0.4, 0.5) is 0 Å². The van der Waals surface area contributed by atoms with Crippen LogP contribution in [-0.4, -0.2) is 38.0 Å². The maximum Gasteiger partial charge on any atom is 0.234 e. The predicted octanol–water partition coefficient (Wildman–Crippen LogP) is 3.91. The van der Waals surface area contributed by atoms with Crippen molar-refractivity contribution >= 4 is 16.7 Å². The molecule has 0 saturated heterocycles. The lowest BCUT2D eigenvalue weighted by atomic mass is 10.00. The Morgan fingerprint density at radius 3 is 2.36 bits per heavy atom. The highest BCUT2D eigenvalue weighted by molar-refractivity contribution is 5.86. The van der Waals surface area contributed by atoms with Crippen LogP contribution >= 0.6 is 0 Å². The van der Waals surface area contributed by atoms with E-state index in [-0.39, 0.29) is 18.0 Å². The van der Waals surface area contributed by atoms with Crippen LogP contribution < -0.4 is 10.6 Å². The van der Waals surface area contributed by atoms with Crippen molar-refractivity contribution in [2.75, 3.05) is 27.2 Å². The molecule has 146 valence electrons. The summed E-state index contributed by atoms with van der Waals surface area (Å²) in [6.45, 7) is 2.97. The maximum atomic E-state index is 12.4. The molecule has 2 N–H and O–H groups in total. The average molecular weight is 376 g/mol. The van der Waals surface area contributed by atoms with Gasteiger partial charge < -0.3 is 15.5 Å². The Bertz CT molecular complexity index is 903. The predicted molar refractivity (Wildman–Crippen MR) is 116 cm³/mol. The van der Waals surface area contributed by atoms with Crippen LogP contribution in [0.2, 0.25) is 0 Å². The van der Waals surface area contributed by atoms with Gasteiger partial charge in [-0.1, -0.05) is 72.8 Å². The van der Waals surface area contributed by atoms with E-state index in [9.17, 15) is 4.79 Å². The zero-order valence-electron chi connectivity index (χ0n) is 16.9. The van der Waals surface area contributed by atoms with Crippen molar-refractivity contribution in [2.24, 2.45) is 0 Å². The van der Waals surface area contributed by atoms with E-state index < -0.39 is 0 Å². The van der Waals surface area contributed by atoms with E-state index in [1.54, 1.807) is 0 Å². The molecule has 0 saturated carbocycles. The topological polar surface area (TPSA) is 44.4 Å². The van der Waals surface area contributed by atoms with Gasteiger partial charge in [-0.3, -0.25) is 4.79 Å². The van der Waals surface area contributed by atoms with Crippen molar-refractivity contribution in [3.8, 4) is 0 Å². The quantitative estimate of drug-likeness (QED) is 0.627. The molecule has 3 aromatic carbocycles. The highest BCUT2D eigenvalue weighted by Gasteiger charge is 2.15. The number of rotatable bonds is 8. The van der Waals surface area contributed by atoms with Crippen LogP contribution in [0.3, 0.4) is 0 Å². The fourth-order valence-corrected chi connectivity index (χ4v) is 3.53. The summed E-state index contributed by atoms with van der Waals surface area (Å²) in [5, 5.41) is 8.86. The first kappa shape index (κ1) is 20.1. The van der Waals surface area contributed by atoms with Gasteiger partial charge in [0.15, 0.2) is 0 Å². The first-order valence-corrected chi connectivity index (χ1v) is 9.75. The lowest BCUT2D eigenvalue weighted by Crippen LogP contribution is -2.39. The number of hydrogen-bond donors (Lipinski definition) is 2. The van der Waals surface area contributed by atoms with Crippen molar-refractivity contribution in [1.82, 2.24) is 15.5 Å². The molecule has 0 aliphatic rings. The van der Waals surface area contributed by atoms with E-state index in [4.69, 9.17) is 0 Å². The van der Waals surface area contributed by atoms with E-state index in [1.807, 2.05) is 38.4 Å². The van der Waals surface area contributed by atoms with Gasteiger partial charge in [-0.15, -0.1) is 0 Å². The molecule has 0 fully saturated rings. The van der Waals surface area contributed by atoms with E-state index in [1.165, 1.54) is 21.9 Å². The number of nitrogens with zero attached hydrogens (tertiary/aromatic N) is 1. The summed E-state index contributed by atoms with van der Waals surface area (Å²) in [6, 6.07) is 25.1. The summed E-state index contributed by atoms with van der Waals surface area (Å²) in [6.07, 6.45) is 0. The third kappa shape index (κ3) is 4.97. The van der Waals surface area contributed by atoms with Gasteiger partial charge in [0.2, 0.25) is 5.91 Å². The van der Waals surface area contributed by atoms with Crippen LogP contribution in [0.25, 0.3) is 10.8 Å². The molecule has 0 bridgehead atoms. The molecular formula is C24H29N3O. The normalized spacial score (nSPS) is 13.4. The summed E-state index contributed by atoms with van der Waals surface area (Å²) in [7, 11) is 4.06. The Morgan fingerprint density at radius 1 is 0.929 bits per heavy atom. The Labute approximate surface area is 167 Å². The fraction of sp³-hybridized carbons (Fsp3) is 0.292. The smallest absolute Gasteiger partial charge is 0.234 e. The molecule has 1 amide bonds. The number of carbonyl (C=O) groups is 1. The zero-order chi connectivity index (χ0) is 19.9. The van der Waals surface area contributed by atoms with E-state index in [2.05, 4.69) is 71.0 Å². The summed E-state index contributed by atoms with van der Waals surface area (Å²) >= 11 is 0. The van der Waals surface area contributed by atoms with Crippen LogP contribution in [0.1, 0.15) is 30.1 Å². The van der Waals surface area contributed by atoms with E-state index >= 15 is 0 Å². The van der Waals surface area contributed by atoms with E-state index in [0.29, 0.717) is 13.1 Å². The van der Waals surface area contributed by atoms with E-state index in [0.717, 1.165) is 0 Å². The molecule has 0 aliphatic carbocycles. The number of amides is 1. The number of likely N-dealkylation sites (N-methyl/N-ethyl adjacent to an activating group) is 1. The summed E-state index contributed by atoms with van der Waals surface area (Å²) in [4.78, 5) is 14.5. The second-order valence-corrected chi connectivity index (χ2v) is 7.37. The molecule has 3 aromatic rings. The minimum Gasteiger partial charge on any atom is -0.353 e. The van der Waals surface area contributed by atoms with Gasteiger partial charge in [0.05, 0.1) is 12.6 Å². The van der Waals surface area contributed by atoms with Crippen LogP contribution in [-0.2, 0) is 4.79 Å². The highest BCUT2D eigenvalue weighted by atomic mass is 16.1. The highest BCUT2D eigenvalue weighted by Crippen LogP contribution is 2.23. The standard InChI is InChI=1S/C24H29N3O/c1-18(21-15-9-13-19-10-7-8-14-22(19)21)25-17-24(28)26-16-23(27(2)3)20-11-5-4-6-12-20/h4-15,18,23,25H,16-17H2,1-3H3,(H,26,28). The summed E-state index contributed by atoms with van der Waals surface area (Å²) in [5.41, 5.74) is 2.41. The molecule has 0 aliphatic heterocycles. The molecule has 2 unspecified atom stereocenters. The molecule has 0 aromatic heterocycles. The third-order valence-electron chi connectivity index (χ3n) is 5.16. The van der Waals surface area contributed by atoms with Gasteiger partial charge in [-0.25, -0.2) is 0 Å². The van der Waals surface area contributed by atoms with Gasteiger partial charge in [0.1, 0.15) is 0 Å². The Morgan fingerprint density at radius 2 is 1.61 bits per heavy atom. The lowest BCUT2D eigenvalue weighted by Gasteiger charge is -2.25. The molecule has 2 atom stereocenters.